The van der Waals surface area contributed by atoms with E-state index in [-0.39, 0.29) is 11.5 Å². The van der Waals surface area contributed by atoms with Gasteiger partial charge in [0, 0.05) is 23.7 Å². The molecular formula is C19H16F3N3. The van der Waals surface area contributed by atoms with Crippen molar-refractivity contribution < 1.29 is 13.2 Å². The van der Waals surface area contributed by atoms with E-state index in [1.165, 1.54) is 22.9 Å². The average Bonchev–Trinajstić information content (AvgIpc) is 2.78. The van der Waals surface area contributed by atoms with Crippen LogP contribution in [0.15, 0.2) is 42.5 Å². The van der Waals surface area contributed by atoms with E-state index in [1.54, 1.807) is 18.2 Å². The lowest BCUT2D eigenvalue weighted by molar-refractivity contribution is 0.574. The molecule has 128 valence electrons. The molecule has 0 unspecified atom stereocenters. The van der Waals surface area contributed by atoms with Gasteiger partial charge in [0.1, 0.15) is 28.8 Å². The van der Waals surface area contributed by atoms with Gasteiger partial charge >= 0.3 is 0 Å². The molecule has 2 heterocycles. The molecule has 4 rings (SSSR count). The van der Waals surface area contributed by atoms with Gasteiger partial charge in [-0.2, -0.15) is 5.10 Å². The number of aromatic nitrogens is 2. The molecule has 0 aliphatic carbocycles. The topological polar surface area (TPSA) is 29.9 Å². The van der Waals surface area contributed by atoms with Crippen molar-refractivity contribution in [2.45, 2.75) is 19.3 Å². The SMILES string of the molecule is Fc1ccc(-n2nc(-c3ccccc3F)c3c2NCCCC3)c(F)c1. The second-order valence-corrected chi connectivity index (χ2v) is 6.05. The van der Waals surface area contributed by atoms with E-state index >= 15 is 0 Å². The summed E-state index contributed by atoms with van der Waals surface area (Å²) < 4.78 is 43.3. The molecule has 6 heteroatoms. The van der Waals surface area contributed by atoms with Crippen LogP contribution < -0.4 is 5.32 Å². The fourth-order valence-electron chi connectivity index (χ4n) is 3.20. The van der Waals surface area contributed by atoms with Gasteiger partial charge in [-0.05, 0) is 43.5 Å². The summed E-state index contributed by atoms with van der Waals surface area (Å²) in [4.78, 5) is 0. The van der Waals surface area contributed by atoms with E-state index in [4.69, 9.17) is 0 Å². The standard InChI is InChI=1S/C19H16F3N3/c20-12-8-9-17(16(22)11-12)25-19-14(6-3-4-10-23-19)18(24-25)13-5-1-2-7-15(13)21/h1-2,5,7-9,11,23H,3-4,6,10H2. The van der Waals surface area contributed by atoms with E-state index in [2.05, 4.69) is 10.4 Å². The summed E-state index contributed by atoms with van der Waals surface area (Å²) in [5.41, 5.74) is 1.86. The number of benzene rings is 2. The maximum absolute atomic E-state index is 14.3. The van der Waals surface area contributed by atoms with E-state index in [0.29, 0.717) is 17.1 Å². The summed E-state index contributed by atoms with van der Waals surface area (Å²) >= 11 is 0. The van der Waals surface area contributed by atoms with Crippen LogP contribution in [0.1, 0.15) is 18.4 Å². The molecule has 0 radical (unpaired) electrons. The lowest BCUT2D eigenvalue weighted by Crippen LogP contribution is -2.08. The van der Waals surface area contributed by atoms with Crippen molar-refractivity contribution in [1.29, 1.82) is 0 Å². The zero-order chi connectivity index (χ0) is 17.4. The largest absolute Gasteiger partial charge is 0.370 e. The van der Waals surface area contributed by atoms with Crippen LogP contribution in [0.5, 0.6) is 0 Å². The molecule has 0 saturated heterocycles. The summed E-state index contributed by atoms with van der Waals surface area (Å²) in [6, 6.07) is 9.75. The summed E-state index contributed by atoms with van der Waals surface area (Å²) in [5, 5.41) is 7.74. The monoisotopic (exact) mass is 343 g/mol. The summed E-state index contributed by atoms with van der Waals surface area (Å²) in [7, 11) is 0. The smallest absolute Gasteiger partial charge is 0.151 e. The van der Waals surface area contributed by atoms with Crippen LogP contribution in [0.4, 0.5) is 19.0 Å². The van der Waals surface area contributed by atoms with Crippen LogP contribution in [-0.4, -0.2) is 16.3 Å². The van der Waals surface area contributed by atoms with Crippen molar-refractivity contribution in [3.05, 3.63) is 65.5 Å². The third kappa shape index (κ3) is 2.77. The Kier molecular flexibility index (Phi) is 3.95. The third-order valence-corrected chi connectivity index (χ3v) is 4.40. The van der Waals surface area contributed by atoms with Crippen molar-refractivity contribution in [3.8, 4) is 16.9 Å². The maximum Gasteiger partial charge on any atom is 0.151 e. The van der Waals surface area contributed by atoms with Crippen LogP contribution in [0.2, 0.25) is 0 Å². The Morgan fingerprint density at radius 3 is 2.60 bits per heavy atom. The van der Waals surface area contributed by atoms with E-state index < -0.39 is 11.6 Å². The van der Waals surface area contributed by atoms with Crippen LogP contribution in [0.3, 0.4) is 0 Å². The molecule has 0 amide bonds. The van der Waals surface area contributed by atoms with Gasteiger partial charge in [-0.1, -0.05) is 12.1 Å². The van der Waals surface area contributed by atoms with E-state index in [1.807, 2.05) is 0 Å². The van der Waals surface area contributed by atoms with Crippen molar-refractivity contribution in [2.24, 2.45) is 0 Å². The second-order valence-electron chi connectivity index (χ2n) is 6.05. The molecule has 2 aromatic carbocycles. The van der Waals surface area contributed by atoms with Crippen molar-refractivity contribution in [3.63, 3.8) is 0 Å². The first-order chi connectivity index (χ1) is 12.1. The molecule has 1 aliphatic heterocycles. The van der Waals surface area contributed by atoms with Crippen LogP contribution >= 0.6 is 0 Å². The van der Waals surface area contributed by atoms with Gasteiger partial charge in [0.25, 0.3) is 0 Å². The Morgan fingerprint density at radius 2 is 1.80 bits per heavy atom. The molecule has 25 heavy (non-hydrogen) atoms. The zero-order valence-corrected chi connectivity index (χ0v) is 13.4. The second kappa shape index (κ2) is 6.27. The molecule has 3 aromatic rings. The van der Waals surface area contributed by atoms with Gasteiger partial charge in [0.2, 0.25) is 0 Å². The molecule has 0 fully saturated rings. The van der Waals surface area contributed by atoms with Gasteiger partial charge in [-0.3, -0.25) is 0 Å². The number of hydrogen-bond acceptors (Lipinski definition) is 2. The molecule has 0 atom stereocenters. The van der Waals surface area contributed by atoms with Gasteiger partial charge in [0.05, 0.1) is 0 Å². The van der Waals surface area contributed by atoms with Crippen LogP contribution in [0, 0.1) is 17.5 Å². The number of halogens is 3. The van der Waals surface area contributed by atoms with Gasteiger partial charge < -0.3 is 5.32 Å². The first kappa shape index (κ1) is 15.7. The first-order valence-corrected chi connectivity index (χ1v) is 8.21. The Labute approximate surface area is 143 Å². The number of nitrogens with one attached hydrogen (secondary N) is 1. The highest BCUT2D eigenvalue weighted by atomic mass is 19.1. The van der Waals surface area contributed by atoms with Crippen molar-refractivity contribution >= 4 is 5.82 Å². The summed E-state index contributed by atoms with van der Waals surface area (Å²) in [6.45, 7) is 0.720. The molecule has 1 N–H and O–H groups in total. The Balaban J connectivity index is 1.95. The predicted molar refractivity (Wildman–Crippen MR) is 90.3 cm³/mol. The quantitative estimate of drug-likeness (QED) is 0.731. The molecule has 0 bridgehead atoms. The summed E-state index contributed by atoms with van der Waals surface area (Å²) in [6.07, 6.45) is 2.60. The highest BCUT2D eigenvalue weighted by Gasteiger charge is 2.24. The van der Waals surface area contributed by atoms with Gasteiger partial charge in [-0.25, -0.2) is 17.9 Å². The van der Waals surface area contributed by atoms with E-state index in [0.717, 1.165) is 37.4 Å². The summed E-state index contributed by atoms with van der Waals surface area (Å²) in [5.74, 6) is -1.10. The average molecular weight is 343 g/mol. The van der Waals surface area contributed by atoms with Crippen LogP contribution in [-0.2, 0) is 6.42 Å². The molecule has 3 nitrogen and oxygen atoms in total. The fourth-order valence-corrected chi connectivity index (χ4v) is 3.20. The molecule has 0 spiro atoms. The third-order valence-electron chi connectivity index (χ3n) is 4.40. The minimum absolute atomic E-state index is 0.134. The van der Waals surface area contributed by atoms with Gasteiger partial charge in [0.15, 0.2) is 5.82 Å². The van der Waals surface area contributed by atoms with E-state index in [9.17, 15) is 13.2 Å². The fraction of sp³-hybridized carbons (Fsp3) is 0.211. The molecule has 1 aliphatic rings. The highest BCUT2D eigenvalue weighted by Crippen LogP contribution is 2.35. The molecule has 1 aromatic heterocycles. The number of fused-ring (bicyclic) bond motifs is 1. The van der Waals surface area contributed by atoms with Crippen molar-refractivity contribution in [2.75, 3.05) is 11.9 Å². The Bertz CT molecular complexity index is 934. The first-order valence-electron chi connectivity index (χ1n) is 8.21. The predicted octanol–water partition coefficient (Wildman–Crippen LogP) is 4.70. The number of anilines is 1. The Morgan fingerprint density at radius 1 is 0.960 bits per heavy atom. The van der Waals surface area contributed by atoms with Crippen molar-refractivity contribution in [1.82, 2.24) is 9.78 Å². The highest BCUT2D eigenvalue weighted by molar-refractivity contribution is 5.71. The lowest BCUT2D eigenvalue weighted by Gasteiger charge is -2.10. The van der Waals surface area contributed by atoms with Gasteiger partial charge in [-0.15, -0.1) is 0 Å². The maximum atomic E-state index is 14.3. The number of nitrogens with zero attached hydrogens (tertiary/aromatic N) is 2. The molecular weight excluding hydrogens is 327 g/mol. The molecule has 0 saturated carbocycles. The minimum atomic E-state index is -0.712. The number of rotatable bonds is 2. The number of hydrogen-bond donors (Lipinski definition) is 1. The minimum Gasteiger partial charge on any atom is -0.370 e. The zero-order valence-electron chi connectivity index (χ0n) is 13.4. The lowest BCUT2D eigenvalue weighted by atomic mass is 10.0. The Hall–Kier alpha value is -2.76. The van der Waals surface area contributed by atoms with Crippen LogP contribution in [0.25, 0.3) is 16.9 Å². The normalized spacial score (nSPS) is 13.9.